The number of aromatic nitrogens is 3. The molecule has 1 fully saturated rings. The van der Waals surface area contributed by atoms with Gasteiger partial charge in [0.1, 0.15) is 18.0 Å². The summed E-state index contributed by atoms with van der Waals surface area (Å²) in [5.74, 6) is 1.68. The minimum Gasteiger partial charge on any atom is -0.379 e. The van der Waals surface area contributed by atoms with Crippen molar-refractivity contribution in [2.75, 3.05) is 30.4 Å². The van der Waals surface area contributed by atoms with Crippen LogP contribution in [0.2, 0.25) is 0 Å². The molecule has 0 radical (unpaired) electrons. The second-order valence-electron chi connectivity index (χ2n) is 5.39. The average molecular weight is 319 g/mol. The van der Waals surface area contributed by atoms with Crippen LogP contribution in [-0.4, -0.2) is 40.8 Å². The minimum absolute atomic E-state index is 0.342. The van der Waals surface area contributed by atoms with Crippen molar-refractivity contribution in [2.45, 2.75) is 32.2 Å². The van der Waals surface area contributed by atoms with E-state index >= 15 is 0 Å². The molecule has 3 rings (SSSR count). The van der Waals surface area contributed by atoms with E-state index in [1.165, 1.54) is 4.88 Å². The van der Waals surface area contributed by atoms with Gasteiger partial charge < -0.3 is 15.4 Å². The smallest absolute Gasteiger partial charge is 0.131 e. The quantitative estimate of drug-likeness (QED) is 0.852. The molecule has 0 spiro atoms. The van der Waals surface area contributed by atoms with E-state index in [0.717, 1.165) is 55.7 Å². The van der Waals surface area contributed by atoms with Gasteiger partial charge in [0.25, 0.3) is 0 Å². The first kappa shape index (κ1) is 15.2. The van der Waals surface area contributed by atoms with Crippen LogP contribution >= 0.6 is 11.3 Å². The molecule has 3 heterocycles. The Bertz CT molecular complexity index is 597. The monoisotopic (exact) mass is 319 g/mol. The molecule has 0 unspecified atom stereocenters. The number of ether oxygens (including phenoxy) is 1. The largest absolute Gasteiger partial charge is 0.379 e. The molecule has 1 aliphatic rings. The predicted octanol–water partition coefficient (Wildman–Crippen LogP) is 2.49. The Kier molecular flexibility index (Phi) is 5.18. The molecule has 118 valence electrons. The number of hydrogen-bond donors (Lipinski definition) is 2. The van der Waals surface area contributed by atoms with Crippen molar-refractivity contribution in [3.05, 3.63) is 28.5 Å². The highest BCUT2D eigenvalue weighted by atomic mass is 32.1. The Hall–Kier alpha value is -1.73. The van der Waals surface area contributed by atoms with Crippen LogP contribution in [0.5, 0.6) is 0 Å². The van der Waals surface area contributed by atoms with E-state index < -0.39 is 0 Å². The minimum atomic E-state index is 0.342. The normalized spacial score (nSPS) is 18.1. The first-order chi connectivity index (χ1) is 10.8. The topological polar surface area (TPSA) is 72.0 Å². The van der Waals surface area contributed by atoms with Crippen LogP contribution in [0.4, 0.5) is 11.6 Å². The van der Waals surface area contributed by atoms with Crippen molar-refractivity contribution in [3.8, 4) is 0 Å². The molecule has 1 atom stereocenters. The number of nitrogens with zero attached hydrogens (tertiary/aromatic N) is 3. The Labute approximate surface area is 134 Å². The van der Waals surface area contributed by atoms with E-state index in [9.17, 15) is 0 Å². The van der Waals surface area contributed by atoms with Gasteiger partial charge in [-0.25, -0.2) is 15.0 Å². The van der Waals surface area contributed by atoms with E-state index in [1.807, 2.05) is 12.3 Å². The van der Waals surface area contributed by atoms with Gasteiger partial charge in [0.2, 0.25) is 0 Å². The fourth-order valence-electron chi connectivity index (χ4n) is 2.41. The molecule has 1 saturated heterocycles. The molecule has 2 aromatic rings. The maximum atomic E-state index is 5.47. The molecule has 0 aromatic carbocycles. The summed E-state index contributed by atoms with van der Waals surface area (Å²) in [5.41, 5.74) is 0. The fraction of sp³-hybridized carbons (Fsp3) is 0.533. The van der Waals surface area contributed by atoms with Crippen LogP contribution in [0, 0.1) is 6.92 Å². The molecule has 7 heteroatoms. The Balaban J connectivity index is 1.50. The number of nitrogens with one attached hydrogen (secondary N) is 2. The van der Waals surface area contributed by atoms with Crippen LogP contribution in [-0.2, 0) is 11.2 Å². The number of hydrogen-bond acceptors (Lipinski definition) is 7. The van der Waals surface area contributed by atoms with Crippen molar-refractivity contribution in [3.63, 3.8) is 0 Å². The van der Waals surface area contributed by atoms with Crippen LogP contribution in [0.1, 0.15) is 22.7 Å². The van der Waals surface area contributed by atoms with Gasteiger partial charge in [0.15, 0.2) is 0 Å². The summed E-state index contributed by atoms with van der Waals surface area (Å²) in [5, 5.41) is 7.88. The van der Waals surface area contributed by atoms with E-state index in [-0.39, 0.29) is 0 Å². The molecule has 0 saturated carbocycles. The van der Waals surface area contributed by atoms with Crippen molar-refractivity contribution >= 4 is 23.0 Å². The van der Waals surface area contributed by atoms with E-state index in [0.29, 0.717) is 6.04 Å². The first-order valence-electron chi connectivity index (χ1n) is 7.61. The SMILES string of the molecule is Cc1cnc(CCNc2cc(N[C@@H]3CCCOC3)ncn2)s1. The zero-order valence-electron chi connectivity index (χ0n) is 12.7. The number of thiazole rings is 1. The lowest BCUT2D eigenvalue weighted by Crippen LogP contribution is -2.30. The van der Waals surface area contributed by atoms with Crippen molar-refractivity contribution in [1.29, 1.82) is 0 Å². The summed E-state index contributed by atoms with van der Waals surface area (Å²) >= 11 is 1.74. The summed E-state index contributed by atoms with van der Waals surface area (Å²) in [6.07, 6.45) is 6.62. The number of rotatable bonds is 6. The molecule has 6 nitrogen and oxygen atoms in total. The van der Waals surface area contributed by atoms with Crippen molar-refractivity contribution < 1.29 is 4.74 Å². The molecule has 0 amide bonds. The highest BCUT2D eigenvalue weighted by Gasteiger charge is 2.14. The summed E-state index contributed by atoms with van der Waals surface area (Å²) < 4.78 is 5.47. The zero-order valence-corrected chi connectivity index (χ0v) is 13.5. The maximum Gasteiger partial charge on any atom is 0.131 e. The third kappa shape index (κ3) is 4.38. The van der Waals surface area contributed by atoms with Crippen molar-refractivity contribution in [2.24, 2.45) is 0 Å². The predicted molar refractivity (Wildman–Crippen MR) is 88.5 cm³/mol. The number of anilines is 2. The molecular formula is C15H21N5OS. The number of aryl methyl sites for hydroxylation is 1. The van der Waals surface area contributed by atoms with Gasteiger partial charge in [0, 0.05) is 36.7 Å². The van der Waals surface area contributed by atoms with Gasteiger partial charge >= 0.3 is 0 Å². The molecule has 0 aliphatic carbocycles. The second kappa shape index (κ2) is 7.51. The Morgan fingerprint density at radius 3 is 3.00 bits per heavy atom. The van der Waals surface area contributed by atoms with Crippen LogP contribution < -0.4 is 10.6 Å². The lowest BCUT2D eigenvalue weighted by Gasteiger charge is -2.23. The van der Waals surface area contributed by atoms with Crippen LogP contribution in [0.15, 0.2) is 18.6 Å². The van der Waals surface area contributed by atoms with Gasteiger partial charge in [0.05, 0.1) is 17.7 Å². The molecule has 0 bridgehead atoms. The Morgan fingerprint density at radius 2 is 2.23 bits per heavy atom. The fourth-order valence-corrected chi connectivity index (χ4v) is 3.20. The summed E-state index contributed by atoms with van der Waals surface area (Å²) in [4.78, 5) is 14.1. The van der Waals surface area contributed by atoms with Crippen LogP contribution in [0.3, 0.4) is 0 Å². The summed E-state index contributed by atoms with van der Waals surface area (Å²) in [6.45, 7) is 4.50. The highest BCUT2D eigenvalue weighted by molar-refractivity contribution is 7.11. The second-order valence-corrected chi connectivity index (χ2v) is 6.71. The van der Waals surface area contributed by atoms with Gasteiger partial charge in [-0.15, -0.1) is 11.3 Å². The average Bonchev–Trinajstić information content (AvgIpc) is 2.94. The molecule has 2 N–H and O–H groups in total. The first-order valence-corrected chi connectivity index (χ1v) is 8.43. The van der Waals surface area contributed by atoms with Crippen LogP contribution in [0.25, 0.3) is 0 Å². The lowest BCUT2D eigenvalue weighted by atomic mass is 10.1. The third-order valence-electron chi connectivity index (χ3n) is 3.49. The van der Waals surface area contributed by atoms with Gasteiger partial charge in [-0.1, -0.05) is 0 Å². The van der Waals surface area contributed by atoms with Crippen molar-refractivity contribution in [1.82, 2.24) is 15.0 Å². The summed E-state index contributed by atoms with van der Waals surface area (Å²) in [7, 11) is 0. The molecule has 2 aromatic heterocycles. The standard InChI is InChI=1S/C15H21N5OS/c1-11-8-17-15(22-11)4-5-16-13-7-14(19-10-18-13)20-12-3-2-6-21-9-12/h7-8,10,12H,2-6,9H2,1H3,(H2,16,18,19,20)/t12-/m1/s1. The molecular weight excluding hydrogens is 298 g/mol. The highest BCUT2D eigenvalue weighted by Crippen LogP contribution is 2.15. The van der Waals surface area contributed by atoms with Gasteiger partial charge in [-0.3, -0.25) is 0 Å². The lowest BCUT2D eigenvalue weighted by molar-refractivity contribution is 0.0875. The van der Waals surface area contributed by atoms with Gasteiger partial charge in [-0.05, 0) is 19.8 Å². The maximum absolute atomic E-state index is 5.47. The zero-order chi connectivity index (χ0) is 15.2. The van der Waals surface area contributed by atoms with E-state index in [1.54, 1.807) is 17.7 Å². The molecule has 22 heavy (non-hydrogen) atoms. The third-order valence-corrected chi connectivity index (χ3v) is 4.47. The van der Waals surface area contributed by atoms with E-state index in [4.69, 9.17) is 4.74 Å². The molecule has 1 aliphatic heterocycles. The van der Waals surface area contributed by atoms with E-state index in [2.05, 4.69) is 32.5 Å². The Morgan fingerprint density at radius 1 is 1.32 bits per heavy atom. The van der Waals surface area contributed by atoms with Gasteiger partial charge in [-0.2, -0.15) is 0 Å². The summed E-state index contributed by atoms with van der Waals surface area (Å²) in [6, 6.07) is 2.29.